The van der Waals surface area contributed by atoms with E-state index in [9.17, 15) is 22.8 Å². The van der Waals surface area contributed by atoms with E-state index >= 15 is 0 Å². The maximum absolute atomic E-state index is 12.6. The van der Waals surface area contributed by atoms with Crippen LogP contribution in [0, 0.1) is 0 Å². The van der Waals surface area contributed by atoms with Crippen LogP contribution in [-0.4, -0.2) is 23.3 Å². The first kappa shape index (κ1) is 21.8. The zero-order valence-electron chi connectivity index (χ0n) is 15.3. The van der Waals surface area contributed by atoms with Crippen molar-refractivity contribution in [2.24, 2.45) is 0 Å². The van der Waals surface area contributed by atoms with E-state index in [2.05, 4.69) is 15.6 Å². The third-order valence-corrected chi connectivity index (χ3v) is 5.28. The fourth-order valence-electron chi connectivity index (χ4n) is 2.48. The number of benzene rings is 2. The molecule has 10 heteroatoms. The second-order valence-corrected chi connectivity index (χ2v) is 7.42. The third kappa shape index (κ3) is 5.58. The molecule has 0 saturated heterocycles. The number of para-hydroxylation sites is 1. The Balaban J connectivity index is 1.51. The van der Waals surface area contributed by atoms with Gasteiger partial charge in [-0.15, -0.1) is 11.3 Å². The van der Waals surface area contributed by atoms with Gasteiger partial charge in [-0.3, -0.25) is 9.59 Å². The molecule has 0 saturated carbocycles. The van der Waals surface area contributed by atoms with Crippen molar-refractivity contribution in [3.8, 4) is 10.6 Å². The molecule has 5 nitrogen and oxygen atoms in total. The molecule has 3 aromatic rings. The number of hydrogen-bond acceptors (Lipinski definition) is 4. The van der Waals surface area contributed by atoms with E-state index in [1.165, 1.54) is 23.5 Å². The van der Waals surface area contributed by atoms with E-state index in [4.69, 9.17) is 11.6 Å². The molecule has 0 aliphatic carbocycles. The number of nitrogens with one attached hydrogen (secondary N) is 2. The number of amides is 2. The molecule has 30 heavy (non-hydrogen) atoms. The molecule has 1 aromatic heterocycles. The maximum atomic E-state index is 12.6. The number of halogens is 4. The fraction of sp³-hybridized carbons (Fsp3) is 0.150. The molecule has 0 spiro atoms. The van der Waals surface area contributed by atoms with Crippen molar-refractivity contribution in [2.45, 2.75) is 12.6 Å². The summed E-state index contributed by atoms with van der Waals surface area (Å²) in [4.78, 5) is 28.2. The number of thiazole rings is 1. The second kappa shape index (κ2) is 9.27. The lowest BCUT2D eigenvalue weighted by molar-refractivity contribution is -0.137. The molecule has 0 aliphatic heterocycles. The highest BCUT2D eigenvalue weighted by molar-refractivity contribution is 7.13. The molecule has 2 aromatic carbocycles. The highest BCUT2D eigenvalue weighted by Crippen LogP contribution is 2.31. The maximum Gasteiger partial charge on any atom is 0.416 e. The molecule has 0 atom stereocenters. The number of anilines is 1. The lowest BCUT2D eigenvalue weighted by Gasteiger charge is -2.07. The van der Waals surface area contributed by atoms with E-state index in [0.29, 0.717) is 33.4 Å². The SMILES string of the molecule is O=C(NCCc1csc(-c2ccc(C(F)(F)F)cc2)n1)C(=O)Nc1ccccc1Cl. The quantitative estimate of drug-likeness (QED) is 0.546. The molecule has 0 fully saturated rings. The second-order valence-electron chi connectivity index (χ2n) is 6.16. The zero-order valence-corrected chi connectivity index (χ0v) is 16.9. The largest absolute Gasteiger partial charge is 0.416 e. The summed E-state index contributed by atoms with van der Waals surface area (Å²) >= 11 is 7.22. The molecular formula is C20H15ClF3N3O2S. The summed E-state index contributed by atoms with van der Waals surface area (Å²) in [6, 6.07) is 11.3. The van der Waals surface area contributed by atoms with Crippen LogP contribution in [0.3, 0.4) is 0 Å². The molecule has 1 heterocycles. The van der Waals surface area contributed by atoms with Crippen molar-refractivity contribution in [2.75, 3.05) is 11.9 Å². The topological polar surface area (TPSA) is 71.1 Å². The zero-order chi connectivity index (χ0) is 21.7. The highest BCUT2D eigenvalue weighted by Gasteiger charge is 2.30. The predicted molar refractivity (Wildman–Crippen MR) is 109 cm³/mol. The van der Waals surface area contributed by atoms with Gasteiger partial charge < -0.3 is 10.6 Å². The molecule has 0 unspecified atom stereocenters. The fourth-order valence-corrected chi connectivity index (χ4v) is 3.53. The van der Waals surface area contributed by atoms with E-state index < -0.39 is 23.6 Å². The first-order valence-electron chi connectivity index (χ1n) is 8.70. The Morgan fingerprint density at radius 2 is 1.73 bits per heavy atom. The number of carbonyl (C=O) groups is 2. The first-order valence-corrected chi connectivity index (χ1v) is 9.95. The van der Waals surface area contributed by atoms with Crippen LogP contribution in [0.15, 0.2) is 53.9 Å². The van der Waals surface area contributed by atoms with E-state index in [0.717, 1.165) is 12.1 Å². The van der Waals surface area contributed by atoms with E-state index in [-0.39, 0.29) is 6.54 Å². The Labute approximate surface area is 178 Å². The summed E-state index contributed by atoms with van der Waals surface area (Å²) in [5.41, 5.74) is 0.838. The number of carbonyl (C=O) groups excluding carboxylic acids is 2. The lowest BCUT2D eigenvalue weighted by Crippen LogP contribution is -2.36. The number of nitrogens with zero attached hydrogens (tertiary/aromatic N) is 1. The third-order valence-electron chi connectivity index (χ3n) is 4.01. The molecule has 2 N–H and O–H groups in total. The molecule has 0 bridgehead atoms. The van der Waals surface area contributed by atoms with Crippen LogP contribution in [0.2, 0.25) is 5.02 Å². The molecule has 0 aliphatic rings. The number of hydrogen-bond donors (Lipinski definition) is 2. The number of aromatic nitrogens is 1. The Morgan fingerprint density at radius 1 is 1.03 bits per heavy atom. The van der Waals surface area contributed by atoms with Crippen molar-refractivity contribution in [1.29, 1.82) is 0 Å². The minimum Gasteiger partial charge on any atom is -0.347 e. The highest BCUT2D eigenvalue weighted by atomic mass is 35.5. The summed E-state index contributed by atoms with van der Waals surface area (Å²) in [6.07, 6.45) is -4.02. The molecule has 156 valence electrons. The van der Waals surface area contributed by atoms with Crippen molar-refractivity contribution in [1.82, 2.24) is 10.3 Å². The average Bonchev–Trinajstić information content (AvgIpc) is 3.18. The van der Waals surface area contributed by atoms with Gasteiger partial charge in [0.2, 0.25) is 0 Å². The predicted octanol–water partition coefficient (Wildman–Crippen LogP) is 4.78. The first-order chi connectivity index (χ1) is 14.2. The van der Waals surface area contributed by atoms with Crippen LogP contribution in [0.25, 0.3) is 10.6 Å². The normalized spacial score (nSPS) is 11.2. The van der Waals surface area contributed by atoms with Gasteiger partial charge in [-0.2, -0.15) is 13.2 Å². The van der Waals surface area contributed by atoms with Crippen molar-refractivity contribution < 1.29 is 22.8 Å². The van der Waals surface area contributed by atoms with E-state index in [1.807, 2.05) is 0 Å². The van der Waals surface area contributed by atoms with Gasteiger partial charge in [0, 0.05) is 23.9 Å². The minimum absolute atomic E-state index is 0.172. The summed E-state index contributed by atoms with van der Waals surface area (Å²) in [5.74, 6) is -1.65. The standard InChI is InChI=1S/C20H15ClF3N3O2S/c21-15-3-1-2-4-16(15)27-18(29)17(28)25-10-9-14-11-30-19(26-14)12-5-7-13(8-6-12)20(22,23)24/h1-8,11H,9-10H2,(H,25,28)(H,27,29). The molecule has 3 rings (SSSR count). The van der Waals surface area contributed by atoms with Crippen LogP contribution in [-0.2, 0) is 22.2 Å². The van der Waals surface area contributed by atoms with Gasteiger partial charge in [0.05, 0.1) is 22.0 Å². The van der Waals surface area contributed by atoms with Crippen molar-refractivity contribution in [3.63, 3.8) is 0 Å². The summed E-state index contributed by atoms with van der Waals surface area (Å²) < 4.78 is 37.9. The van der Waals surface area contributed by atoms with Gasteiger partial charge in [-0.1, -0.05) is 35.9 Å². The van der Waals surface area contributed by atoms with E-state index in [1.54, 1.807) is 29.6 Å². The Morgan fingerprint density at radius 3 is 2.40 bits per heavy atom. The van der Waals surface area contributed by atoms with Crippen LogP contribution < -0.4 is 10.6 Å². The van der Waals surface area contributed by atoms with Gasteiger partial charge in [0.1, 0.15) is 5.01 Å². The van der Waals surface area contributed by atoms with Crippen LogP contribution >= 0.6 is 22.9 Å². The number of alkyl halides is 3. The minimum atomic E-state index is -4.39. The van der Waals surface area contributed by atoms with Gasteiger partial charge in [-0.05, 0) is 24.3 Å². The molecule has 0 radical (unpaired) electrons. The summed E-state index contributed by atoms with van der Waals surface area (Å²) in [5, 5.41) is 7.55. The lowest BCUT2D eigenvalue weighted by atomic mass is 10.1. The molecular weight excluding hydrogens is 439 g/mol. The van der Waals surface area contributed by atoms with Crippen molar-refractivity contribution >= 4 is 40.4 Å². The Bertz CT molecular complexity index is 1050. The van der Waals surface area contributed by atoms with Crippen molar-refractivity contribution in [3.05, 3.63) is 70.2 Å². The van der Waals surface area contributed by atoms with Crippen LogP contribution in [0.4, 0.5) is 18.9 Å². The monoisotopic (exact) mass is 453 g/mol. The Kier molecular flexibility index (Phi) is 6.73. The Hall–Kier alpha value is -2.91. The van der Waals surface area contributed by atoms with Gasteiger partial charge in [0.25, 0.3) is 0 Å². The van der Waals surface area contributed by atoms with Gasteiger partial charge in [-0.25, -0.2) is 4.98 Å². The summed E-state index contributed by atoms with van der Waals surface area (Å²) in [6.45, 7) is 0.172. The number of rotatable bonds is 5. The van der Waals surface area contributed by atoms with Gasteiger partial charge >= 0.3 is 18.0 Å². The van der Waals surface area contributed by atoms with Crippen LogP contribution in [0.1, 0.15) is 11.3 Å². The molecule has 2 amide bonds. The van der Waals surface area contributed by atoms with Crippen LogP contribution in [0.5, 0.6) is 0 Å². The van der Waals surface area contributed by atoms with Gasteiger partial charge in [0.15, 0.2) is 0 Å². The smallest absolute Gasteiger partial charge is 0.347 e. The average molecular weight is 454 g/mol. The summed E-state index contributed by atoms with van der Waals surface area (Å²) in [7, 11) is 0.